The van der Waals surface area contributed by atoms with Crippen LogP contribution in [0.2, 0.25) is 0 Å². The molecule has 2 rings (SSSR count). The average Bonchev–Trinajstić information content (AvgIpc) is 2.71. The number of nitrogens with two attached hydrogens (primary N) is 1. The molecule has 3 unspecified atom stereocenters. The maximum atomic E-state index is 12.0. The Balaban J connectivity index is 2.08. The van der Waals surface area contributed by atoms with E-state index in [9.17, 15) is 4.79 Å². The Hall–Kier alpha value is -0.610. The molecule has 0 aromatic carbocycles. The standard InChI is InChI=1S/C16H30N2O2/c1-3-13-8-5-4-6-11-18(13)14-9-7-10-16(17,12-14)15(19)20-2/h13-14H,3-12,17H2,1-2H3. The molecule has 3 atom stereocenters. The van der Waals surface area contributed by atoms with Crippen LogP contribution in [0.1, 0.15) is 64.7 Å². The minimum absolute atomic E-state index is 0.231. The Morgan fingerprint density at radius 2 is 2.10 bits per heavy atom. The Morgan fingerprint density at radius 3 is 2.80 bits per heavy atom. The maximum Gasteiger partial charge on any atom is 0.325 e. The Labute approximate surface area is 123 Å². The van der Waals surface area contributed by atoms with Gasteiger partial charge in [-0.05, 0) is 51.5 Å². The molecule has 4 nitrogen and oxygen atoms in total. The molecule has 1 heterocycles. The van der Waals surface area contributed by atoms with Crippen molar-refractivity contribution >= 4 is 5.97 Å². The summed E-state index contributed by atoms with van der Waals surface area (Å²) in [6.07, 6.45) is 10.2. The van der Waals surface area contributed by atoms with Crippen molar-refractivity contribution in [3.05, 3.63) is 0 Å². The number of methoxy groups -OCH3 is 1. The SMILES string of the molecule is CCC1CCCCCN1C1CCCC(N)(C(=O)OC)C1. The summed E-state index contributed by atoms with van der Waals surface area (Å²) in [5.74, 6) is -0.231. The van der Waals surface area contributed by atoms with Gasteiger partial charge in [0.1, 0.15) is 5.54 Å². The second-order valence-corrected chi connectivity index (χ2v) is 6.55. The third kappa shape index (κ3) is 3.34. The molecule has 0 amide bonds. The van der Waals surface area contributed by atoms with Crippen molar-refractivity contribution in [3.63, 3.8) is 0 Å². The second-order valence-electron chi connectivity index (χ2n) is 6.55. The molecule has 2 N–H and O–H groups in total. The fourth-order valence-electron chi connectivity index (χ4n) is 4.07. The molecule has 20 heavy (non-hydrogen) atoms. The van der Waals surface area contributed by atoms with Crippen LogP contribution in [-0.4, -0.2) is 42.1 Å². The van der Waals surface area contributed by atoms with E-state index >= 15 is 0 Å². The molecule has 2 aliphatic rings. The van der Waals surface area contributed by atoms with Crippen molar-refractivity contribution in [1.82, 2.24) is 4.90 Å². The number of hydrogen-bond donors (Lipinski definition) is 1. The fourth-order valence-corrected chi connectivity index (χ4v) is 4.07. The van der Waals surface area contributed by atoms with Crippen molar-refractivity contribution < 1.29 is 9.53 Å². The van der Waals surface area contributed by atoms with Crippen molar-refractivity contribution in [2.24, 2.45) is 5.73 Å². The fraction of sp³-hybridized carbons (Fsp3) is 0.938. The van der Waals surface area contributed by atoms with Crippen molar-refractivity contribution in [2.75, 3.05) is 13.7 Å². The van der Waals surface area contributed by atoms with Crippen LogP contribution in [0.25, 0.3) is 0 Å². The summed E-state index contributed by atoms with van der Waals surface area (Å²) >= 11 is 0. The van der Waals surface area contributed by atoms with Crippen LogP contribution in [0, 0.1) is 0 Å². The van der Waals surface area contributed by atoms with E-state index in [0.717, 1.165) is 19.3 Å². The molecule has 0 bridgehead atoms. The van der Waals surface area contributed by atoms with Gasteiger partial charge in [0.15, 0.2) is 0 Å². The monoisotopic (exact) mass is 282 g/mol. The Morgan fingerprint density at radius 1 is 1.30 bits per heavy atom. The number of carbonyl (C=O) groups is 1. The quantitative estimate of drug-likeness (QED) is 0.808. The van der Waals surface area contributed by atoms with E-state index in [1.807, 2.05) is 0 Å². The predicted molar refractivity (Wildman–Crippen MR) is 80.4 cm³/mol. The smallest absolute Gasteiger partial charge is 0.325 e. The number of ether oxygens (including phenoxy) is 1. The zero-order chi connectivity index (χ0) is 14.6. The van der Waals surface area contributed by atoms with Gasteiger partial charge in [0.2, 0.25) is 0 Å². The van der Waals surface area contributed by atoms with E-state index in [-0.39, 0.29) is 5.97 Å². The first kappa shape index (κ1) is 15.8. The van der Waals surface area contributed by atoms with Gasteiger partial charge in [0, 0.05) is 12.1 Å². The minimum Gasteiger partial charge on any atom is -0.468 e. The van der Waals surface area contributed by atoms with Gasteiger partial charge in [-0.15, -0.1) is 0 Å². The molecular formula is C16H30N2O2. The highest BCUT2D eigenvalue weighted by atomic mass is 16.5. The topological polar surface area (TPSA) is 55.6 Å². The Kier molecular flexibility index (Phi) is 5.44. The number of hydrogen-bond acceptors (Lipinski definition) is 4. The van der Waals surface area contributed by atoms with Crippen LogP contribution < -0.4 is 5.73 Å². The van der Waals surface area contributed by atoms with Gasteiger partial charge in [-0.25, -0.2) is 0 Å². The van der Waals surface area contributed by atoms with E-state index in [1.165, 1.54) is 52.2 Å². The van der Waals surface area contributed by atoms with Crippen LogP contribution >= 0.6 is 0 Å². The lowest BCUT2D eigenvalue weighted by atomic mass is 9.78. The summed E-state index contributed by atoms with van der Waals surface area (Å²) in [4.78, 5) is 14.6. The molecule has 4 heteroatoms. The van der Waals surface area contributed by atoms with E-state index < -0.39 is 5.54 Å². The van der Waals surface area contributed by atoms with Crippen LogP contribution in [0.4, 0.5) is 0 Å². The first-order valence-electron chi connectivity index (χ1n) is 8.24. The summed E-state index contributed by atoms with van der Waals surface area (Å²) in [6.45, 7) is 3.45. The minimum atomic E-state index is -0.762. The molecule has 1 saturated heterocycles. The number of likely N-dealkylation sites (tertiary alicyclic amines) is 1. The number of esters is 1. The van der Waals surface area contributed by atoms with E-state index in [1.54, 1.807) is 0 Å². The van der Waals surface area contributed by atoms with E-state index in [4.69, 9.17) is 10.5 Å². The normalized spacial score (nSPS) is 36.4. The highest BCUT2D eigenvalue weighted by Crippen LogP contribution is 2.33. The van der Waals surface area contributed by atoms with E-state index in [0.29, 0.717) is 12.1 Å². The summed E-state index contributed by atoms with van der Waals surface area (Å²) < 4.78 is 4.92. The molecule has 2 fully saturated rings. The van der Waals surface area contributed by atoms with Gasteiger partial charge in [0.05, 0.1) is 7.11 Å². The van der Waals surface area contributed by atoms with Crippen LogP contribution in [0.5, 0.6) is 0 Å². The van der Waals surface area contributed by atoms with Crippen LogP contribution in [0.15, 0.2) is 0 Å². The molecule has 1 aliphatic heterocycles. The van der Waals surface area contributed by atoms with Crippen molar-refractivity contribution in [1.29, 1.82) is 0 Å². The lowest BCUT2D eigenvalue weighted by Crippen LogP contribution is -2.57. The lowest BCUT2D eigenvalue weighted by molar-refractivity contribution is -0.149. The van der Waals surface area contributed by atoms with Gasteiger partial charge in [-0.1, -0.05) is 19.8 Å². The van der Waals surface area contributed by atoms with Gasteiger partial charge in [-0.3, -0.25) is 9.69 Å². The zero-order valence-electron chi connectivity index (χ0n) is 13.1. The maximum absolute atomic E-state index is 12.0. The summed E-state index contributed by atoms with van der Waals surface area (Å²) in [7, 11) is 1.45. The van der Waals surface area contributed by atoms with Gasteiger partial charge < -0.3 is 10.5 Å². The van der Waals surface area contributed by atoms with Crippen molar-refractivity contribution in [3.8, 4) is 0 Å². The van der Waals surface area contributed by atoms with Crippen molar-refractivity contribution in [2.45, 2.75) is 82.3 Å². The summed E-state index contributed by atoms with van der Waals surface area (Å²) in [5, 5.41) is 0. The van der Waals surface area contributed by atoms with E-state index in [2.05, 4.69) is 11.8 Å². The molecule has 0 radical (unpaired) electrons. The van der Waals surface area contributed by atoms with Gasteiger partial charge in [-0.2, -0.15) is 0 Å². The zero-order valence-corrected chi connectivity index (χ0v) is 13.1. The largest absolute Gasteiger partial charge is 0.468 e. The molecule has 0 aromatic rings. The Bertz CT molecular complexity index is 334. The summed E-state index contributed by atoms with van der Waals surface area (Å²) in [5.41, 5.74) is 5.57. The predicted octanol–water partition coefficient (Wildman–Crippen LogP) is 2.45. The molecule has 1 saturated carbocycles. The first-order chi connectivity index (χ1) is 9.60. The van der Waals surface area contributed by atoms with Crippen LogP contribution in [0.3, 0.4) is 0 Å². The lowest BCUT2D eigenvalue weighted by Gasteiger charge is -2.43. The first-order valence-corrected chi connectivity index (χ1v) is 8.24. The third-order valence-corrected chi connectivity index (χ3v) is 5.21. The van der Waals surface area contributed by atoms with Crippen LogP contribution in [-0.2, 0) is 9.53 Å². The number of carbonyl (C=O) groups excluding carboxylic acids is 1. The third-order valence-electron chi connectivity index (χ3n) is 5.21. The highest BCUT2D eigenvalue weighted by Gasteiger charge is 2.42. The average molecular weight is 282 g/mol. The molecule has 116 valence electrons. The van der Waals surface area contributed by atoms with Gasteiger partial charge in [0.25, 0.3) is 0 Å². The summed E-state index contributed by atoms with van der Waals surface area (Å²) in [6, 6.07) is 1.12. The molecular weight excluding hydrogens is 252 g/mol. The highest BCUT2D eigenvalue weighted by molar-refractivity contribution is 5.80. The molecule has 0 aromatic heterocycles. The molecule has 0 spiro atoms. The number of rotatable bonds is 3. The van der Waals surface area contributed by atoms with Gasteiger partial charge >= 0.3 is 5.97 Å². The second kappa shape index (κ2) is 6.90. The molecule has 1 aliphatic carbocycles. The number of nitrogens with zero attached hydrogens (tertiary/aromatic N) is 1.